The van der Waals surface area contributed by atoms with Crippen LogP contribution >= 0.6 is 11.6 Å². The van der Waals surface area contributed by atoms with E-state index in [9.17, 15) is 24.6 Å². The highest BCUT2D eigenvalue weighted by Crippen LogP contribution is 2.56. The van der Waals surface area contributed by atoms with E-state index in [0.717, 1.165) is 0 Å². The second-order valence-electron chi connectivity index (χ2n) is 8.22. The van der Waals surface area contributed by atoms with Crippen LogP contribution in [0.3, 0.4) is 0 Å². The van der Waals surface area contributed by atoms with Crippen molar-refractivity contribution in [3.63, 3.8) is 0 Å². The van der Waals surface area contributed by atoms with Gasteiger partial charge in [0.15, 0.2) is 0 Å². The number of hydrogen-bond acceptors (Lipinski definition) is 4. The first kappa shape index (κ1) is 23.3. The summed E-state index contributed by atoms with van der Waals surface area (Å²) in [5.74, 6) is -2.88. The second kappa shape index (κ2) is 8.83. The quantitative estimate of drug-likeness (QED) is 0.504. The Kier molecular flexibility index (Phi) is 6.06. The van der Waals surface area contributed by atoms with Crippen LogP contribution in [0.15, 0.2) is 66.7 Å². The van der Waals surface area contributed by atoms with Crippen molar-refractivity contribution in [3.05, 3.63) is 94.0 Å². The molecular formula is C26H22ClNO6. The Morgan fingerprint density at radius 2 is 1.71 bits per heavy atom. The van der Waals surface area contributed by atoms with E-state index in [4.69, 9.17) is 16.3 Å². The number of rotatable bonds is 6. The SMILES string of the molecule is COc1ccc2c(c1)C(CC(=O)O)C(C)(c1ccccc1C(=O)O)N2C(=O)c1ccc(Cl)cc1. The lowest BCUT2D eigenvalue weighted by atomic mass is 9.74. The zero-order chi connectivity index (χ0) is 24.6. The van der Waals surface area contributed by atoms with Gasteiger partial charge in [0.05, 0.1) is 24.6 Å². The minimum absolute atomic E-state index is 0.00549. The number of halogens is 1. The first-order valence-corrected chi connectivity index (χ1v) is 10.9. The van der Waals surface area contributed by atoms with Crippen LogP contribution in [-0.2, 0) is 10.3 Å². The van der Waals surface area contributed by atoms with Gasteiger partial charge in [0.1, 0.15) is 5.75 Å². The largest absolute Gasteiger partial charge is 0.497 e. The lowest BCUT2D eigenvalue weighted by molar-refractivity contribution is -0.137. The molecule has 2 N–H and O–H groups in total. The van der Waals surface area contributed by atoms with Crippen LogP contribution < -0.4 is 9.64 Å². The molecule has 174 valence electrons. The van der Waals surface area contributed by atoms with Crippen LogP contribution in [0.4, 0.5) is 5.69 Å². The Hall–Kier alpha value is -3.84. The van der Waals surface area contributed by atoms with Crippen LogP contribution in [0, 0.1) is 0 Å². The Morgan fingerprint density at radius 1 is 1.03 bits per heavy atom. The molecule has 0 saturated carbocycles. The molecule has 1 heterocycles. The number of amides is 1. The van der Waals surface area contributed by atoms with Crippen molar-refractivity contribution in [1.29, 1.82) is 0 Å². The smallest absolute Gasteiger partial charge is 0.336 e. The van der Waals surface area contributed by atoms with Gasteiger partial charge < -0.3 is 14.9 Å². The van der Waals surface area contributed by atoms with E-state index < -0.39 is 29.3 Å². The topological polar surface area (TPSA) is 104 Å². The number of aromatic carboxylic acids is 1. The summed E-state index contributed by atoms with van der Waals surface area (Å²) in [6.45, 7) is 1.71. The molecule has 0 bridgehead atoms. The number of fused-ring (bicyclic) bond motifs is 1. The number of aliphatic carboxylic acids is 1. The van der Waals surface area contributed by atoms with Crippen molar-refractivity contribution in [2.75, 3.05) is 12.0 Å². The Labute approximate surface area is 201 Å². The number of carbonyl (C=O) groups excluding carboxylic acids is 1. The molecule has 1 aliphatic rings. The summed E-state index contributed by atoms with van der Waals surface area (Å²) >= 11 is 6.01. The molecule has 4 rings (SSSR count). The molecule has 8 heteroatoms. The van der Waals surface area contributed by atoms with Crippen molar-refractivity contribution < 1.29 is 29.3 Å². The van der Waals surface area contributed by atoms with Crippen molar-refractivity contribution in [2.24, 2.45) is 0 Å². The summed E-state index contributed by atoms with van der Waals surface area (Å²) in [6, 6.07) is 17.8. The fourth-order valence-corrected chi connectivity index (χ4v) is 4.92. The molecule has 1 amide bonds. The summed E-state index contributed by atoms with van der Waals surface area (Å²) in [6.07, 6.45) is -0.324. The zero-order valence-corrected chi connectivity index (χ0v) is 19.2. The average molecular weight is 480 g/mol. The summed E-state index contributed by atoms with van der Waals surface area (Å²) in [4.78, 5) is 39.6. The van der Waals surface area contributed by atoms with Gasteiger partial charge in [-0.05, 0) is 66.6 Å². The minimum Gasteiger partial charge on any atom is -0.497 e. The first-order chi connectivity index (χ1) is 16.2. The highest BCUT2D eigenvalue weighted by molar-refractivity contribution is 6.30. The number of methoxy groups -OCH3 is 1. The first-order valence-electron chi connectivity index (χ1n) is 10.5. The third-order valence-electron chi connectivity index (χ3n) is 6.37. The van der Waals surface area contributed by atoms with Crippen LogP contribution in [0.25, 0.3) is 0 Å². The normalized spacial score (nSPS) is 18.9. The molecule has 0 spiro atoms. The van der Waals surface area contributed by atoms with E-state index in [2.05, 4.69) is 0 Å². The monoisotopic (exact) mass is 479 g/mol. The van der Waals surface area contributed by atoms with Gasteiger partial charge in [0.25, 0.3) is 5.91 Å². The number of ether oxygens (including phenoxy) is 1. The Balaban J connectivity index is 2.03. The molecule has 7 nitrogen and oxygen atoms in total. The van der Waals surface area contributed by atoms with Crippen LogP contribution in [0.5, 0.6) is 5.75 Å². The van der Waals surface area contributed by atoms with E-state index in [1.807, 2.05) is 0 Å². The molecular weight excluding hydrogens is 458 g/mol. The number of carboxylic acid groups (broad SMARTS) is 2. The number of anilines is 1. The highest BCUT2D eigenvalue weighted by Gasteiger charge is 2.54. The van der Waals surface area contributed by atoms with Crippen LogP contribution in [0.1, 0.15) is 51.1 Å². The van der Waals surface area contributed by atoms with E-state index in [1.54, 1.807) is 67.6 Å². The van der Waals surface area contributed by atoms with E-state index in [-0.39, 0.29) is 12.0 Å². The van der Waals surface area contributed by atoms with Crippen LogP contribution in [0.2, 0.25) is 5.02 Å². The van der Waals surface area contributed by atoms with Crippen molar-refractivity contribution >= 4 is 35.1 Å². The fraction of sp³-hybridized carbons (Fsp3) is 0.192. The maximum absolute atomic E-state index is 13.9. The number of carbonyl (C=O) groups is 3. The summed E-state index contributed by atoms with van der Waals surface area (Å²) in [7, 11) is 1.50. The van der Waals surface area contributed by atoms with Crippen LogP contribution in [-0.4, -0.2) is 35.2 Å². The lowest BCUT2D eigenvalue weighted by Gasteiger charge is -2.40. The molecule has 3 aromatic carbocycles. The molecule has 0 aliphatic carbocycles. The Bertz CT molecular complexity index is 1290. The fourth-order valence-electron chi connectivity index (χ4n) is 4.80. The third kappa shape index (κ3) is 3.78. The molecule has 0 radical (unpaired) electrons. The molecule has 2 atom stereocenters. The van der Waals surface area contributed by atoms with Gasteiger partial charge in [-0.3, -0.25) is 14.5 Å². The van der Waals surface area contributed by atoms with Gasteiger partial charge >= 0.3 is 11.9 Å². The third-order valence-corrected chi connectivity index (χ3v) is 6.62. The maximum Gasteiger partial charge on any atom is 0.336 e. The standard InChI is InChI=1S/C26H22ClNO6/c1-26(20-6-4-3-5-18(20)25(32)33)21(14-23(29)30)19-13-17(34-2)11-12-22(19)28(26)24(31)15-7-9-16(27)10-8-15/h3-13,21H,14H2,1-2H3,(H,29,30)(H,32,33). The Morgan fingerprint density at radius 3 is 2.32 bits per heavy atom. The number of carboxylic acids is 2. The van der Waals surface area contributed by atoms with Gasteiger partial charge in [-0.1, -0.05) is 29.8 Å². The predicted octanol–water partition coefficient (Wildman–Crippen LogP) is 5.18. The number of hydrogen-bond donors (Lipinski definition) is 2. The predicted molar refractivity (Wildman–Crippen MR) is 127 cm³/mol. The maximum atomic E-state index is 13.9. The van der Waals surface area contributed by atoms with E-state index in [0.29, 0.717) is 33.1 Å². The minimum atomic E-state index is -1.32. The molecule has 1 aliphatic heterocycles. The highest BCUT2D eigenvalue weighted by atomic mass is 35.5. The van der Waals surface area contributed by atoms with Crippen molar-refractivity contribution in [1.82, 2.24) is 0 Å². The molecule has 0 saturated heterocycles. The summed E-state index contributed by atoms with van der Waals surface area (Å²) in [5.41, 5.74) is 0.432. The van der Waals surface area contributed by atoms with Gasteiger partial charge in [-0.2, -0.15) is 0 Å². The van der Waals surface area contributed by atoms with Gasteiger partial charge in [0, 0.05) is 22.2 Å². The van der Waals surface area contributed by atoms with Crippen molar-refractivity contribution in [3.8, 4) is 5.75 Å². The molecule has 0 aromatic heterocycles. The zero-order valence-electron chi connectivity index (χ0n) is 18.5. The summed E-state index contributed by atoms with van der Waals surface area (Å²) < 4.78 is 5.36. The molecule has 2 unspecified atom stereocenters. The van der Waals surface area contributed by atoms with E-state index in [1.165, 1.54) is 18.1 Å². The van der Waals surface area contributed by atoms with Crippen molar-refractivity contribution in [2.45, 2.75) is 24.8 Å². The molecule has 34 heavy (non-hydrogen) atoms. The van der Waals surface area contributed by atoms with Gasteiger partial charge in [-0.25, -0.2) is 4.79 Å². The second-order valence-corrected chi connectivity index (χ2v) is 8.66. The summed E-state index contributed by atoms with van der Waals surface area (Å²) in [5, 5.41) is 20.2. The van der Waals surface area contributed by atoms with E-state index >= 15 is 0 Å². The molecule has 0 fully saturated rings. The van der Waals surface area contributed by atoms with Gasteiger partial charge in [0.2, 0.25) is 0 Å². The van der Waals surface area contributed by atoms with Gasteiger partial charge in [-0.15, -0.1) is 0 Å². The molecule has 3 aromatic rings. The number of benzene rings is 3. The lowest BCUT2D eigenvalue weighted by Crippen LogP contribution is -2.48. The number of nitrogens with zero attached hydrogens (tertiary/aromatic N) is 1. The average Bonchev–Trinajstić information content (AvgIpc) is 3.06.